The second-order valence-corrected chi connectivity index (χ2v) is 5.53. The normalized spacial score (nSPS) is 20.5. The average molecular weight is 269 g/mol. The van der Waals surface area contributed by atoms with Crippen LogP contribution in [-0.2, 0) is 4.79 Å². The fraction of sp³-hybridized carbons (Fsp3) is 0.667. The SMILES string of the molecule is CC(c1nccs1)N1CCCN(CC(=O)O)CC1. The maximum Gasteiger partial charge on any atom is 0.317 e. The number of rotatable bonds is 4. The third-order valence-electron chi connectivity index (χ3n) is 3.34. The minimum Gasteiger partial charge on any atom is -0.480 e. The highest BCUT2D eigenvalue weighted by Gasteiger charge is 2.22. The maximum atomic E-state index is 10.7. The second kappa shape index (κ2) is 6.26. The van der Waals surface area contributed by atoms with E-state index in [2.05, 4.69) is 16.8 Å². The van der Waals surface area contributed by atoms with Gasteiger partial charge in [-0.1, -0.05) is 0 Å². The number of thiazole rings is 1. The topological polar surface area (TPSA) is 56.7 Å². The summed E-state index contributed by atoms with van der Waals surface area (Å²) in [5.74, 6) is -0.739. The Morgan fingerprint density at radius 1 is 1.50 bits per heavy atom. The van der Waals surface area contributed by atoms with Gasteiger partial charge in [-0.25, -0.2) is 4.98 Å². The Balaban J connectivity index is 1.90. The largest absolute Gasteiger partial charge is 0.480 e. The van der Waals surface area contributed by atoms with Crippen LogP contribution >= 0.6 is 11.3 Å². The fourth-order valence-electron chi connectivity index (χ4n) is 2.32. The first kappa shape index (κ1) is 13.5. The van der Waals surface area contributed by atoms with Crippen LogP contribution in [0.4, 0.5) is 0 Å². The van der Waals surface area contributed by atoms with Crippen molar-refractivity contribution in [3.05, 3.63) is 16.6 Å². The van der Waals surface area contributed by atoms with E-state index in [1.807, 2.05) is 16.5 Å². The predicted octanol–water partition coefficient (Wildman–Crippen LogP) is 1.30. The molecule has 1 atom stereocenters. The van der Waals surface area contributed by atoms with Gasteiger partial charge in [0.2, 0.25) is 0 Å². The van der Waals surface area contributed by atoms with Crippen molar-refractivity contribution in [3.63, 3.8) is 0 Å². The maximum absolute atomic E-state index is 10.7. The molecular weight excluding hydrogens is 250 g/mol. The van der Waals surface area contributed by atoms with Crippen molar-refractivity contribution in [1.29, 1.82) is 0 Å². The lowest BCUT2D eigenvalue weighted by molar-refractivity contribution is -0.138. The van der Waals surface area contributed by atoms with E-state index in [-0.39, 0.29) is 6.54 Å². The first-order valence-electron chi connectivity index (χ1n) is 6.24. The van der Waals surface area contributed by atoms with E-state index >= 15 is 0 Å². The first-order valence-corrected chi connectivity index (χ1v) is 7.12. The van der Waals surface area contributed by atoms with E-state index in [1.54, 1.807) is 11.3 Å². The molecule has 6 heteroatoms. The Labute approximate surface area is 111 Å². The number of nitrogens with zero attached hydrogens (tertiary/aromatic N) is 3. The van der Waals surface area contributed by atoms with Gasteiger partial charge in [-0.3, -0.25) is 14.6 Å². The molecule has 5 nitrogen and oxygen atoms in total. The van der Waals surface area contributed by atoms with Gasteiger partial charge < -0.3 is 5.11 Å². The number of carboxylic acids is 1. The van der Waals surface area contributed by atoms with Crippen LogP contribution in [0.5, 0.6) is 0 Å². The average Bonchev–Trinajstić information content (AvgIpc) is 2.76. The molecule has 2 heterocycles. The van der Waals surface area contributed by atoms with Crippen LogP contribution in [0.3, 0.4) is 0 Å². The molecule has 2 rings (SSSR count). The molecule has 0 aliphatic carbocycles. The molecule has 100 valence electrons. The highest BCUT2D eigenvalue weighted by atomic mass is 32.1. The third-order valence-corrected chi connectivity index (χ3v) is 4.28. The second-order valence-electron chi connectivity index (χ2n) is 4.61. The summed E-state index contributed by atoms with van der Waals surface area (Å²) in [5.41, 5.74) is 0. The summed E-state index contributed by atoms with van der Waals surface area (Å²) in [6.45, 7) is 5.94. The smallest absolute Gasteiger partial charge is 0.317 e. The van der Waals surface area contributed by atoms with Crippen molar-refractivity contribution >= 4 is 17.3 Å². The lowest BCUT2D eigenvalue weighted by atomic mass is 10.2. The van der Waals surface area contributed by atoms with Crippen LogP contribution in [-0.4, -0.2) is 58.6 Å². The van der Waals surface area contributed by atoms with Crippen molar-refractivity contribution in [1.82, 2.24) is 14.8 Å². The summed E-state index contributed by atoms with van der Waals surface area (Å²) in [6, 6.07) is 0.328. The van der Waals surface area contributed by atoms with Crippen LogP contribution in [0, 0.1) is 0 Å². The van der Waals surface area contributed by atoms with Crippen molar-refractivity contribution in [2.24, 2.45) is 0 Å². The number of carboxylic acid groups (broad SMARTS) is 1. The molecule has 0 aromatic carbocycles. The zero-order valence-electron chi connectivity index (χ0n) is 10.6. The summed E-state index contributed by atoms with van der Waals surface area (Å²) in [7, 11) is 0. The van der Waals surface area contributed by atoms with E-state index in [0.29, 0.717) is 6.04 Å². The molecule has 1 saturated heterocycles. The zero-order valence-corrected chi connectivity index (χ0v) is 11.4. The minimum absolute atomic E-state index is 0.152. The van der Waals surface area contributed by atoms with Gasteiger partial charge in [0.25, 0.3) is 0 Å². The Morgan fingerprint density at radius 2 is 2.33 bits per heavy atom. The van der Waals surface area contributed by atoms with Gasteiger partial charge in [0.15, 0.2) is 0 Å². The van der Waals surface area contributed by atoms with Gasteiger partial charge in [0.05, 0.1) is 12.6 Å². The standard InChI is InChI=1S/C12H19N3O2S/c1-10(12-13-3-8-18-12)15-5-2-4-14(6-7-15)9-11(16)17/h3,8,10H,2,4-7,9H2,1H3,(H,16,17). The van der Waals surface area contributed by atoms with Crippen LogP contribution in [0.1, 0.15) is 24.4 Å². The fourth-order valence-corrected chi connectivity index (χ4v) is 3.05. The number of aromatic nitrogens is 1. The Morgan fingerprint density at radius 3 is 3.00 bits per heavy atom. The summed E-state index contributed by atoms with van der Waals surface area (Å²) < 4.78 is 0. The van der Waals surface area contributed by atoms with Crippen molar-refractivity contribution in [2.75, 3.05) is 32.7 Å². The molecule has 1 aromatic rings. The van der Waals surface area contributed by atoms with Crippen molar-refractivity contribution in [2.45, 2.75) is 19.4 Å². The van der Waals surface area contributed by atoms with Crippen molar-refractivity contribution < 1.29 is 9.90 Å². The van der Waals surface area contributed by atoms with Gasteiger partial charge in [-0.15, -0.1) is 11.3 Å². The first-order chi connectivity index (χ1) is 8.66. The van der Waals surface area contributed by atoms with E-state index in [1.165, 1.54) is 0 Å². The van der Waals surface area contributed by atoms with E-state index in [4.69, 9.17) is 5.11 Å². The van der Waals surface area contributed by atoms with Crippen LogP contribution in [0.25, 0.3) is 0 Å². The molecule has 1 aliphatic heterocycles. The predicted molar refractivity (Wildman–Crippen MR) is 70.8 cm³/mol. The molecular formula is C12H19N3O2S. The number of hydrogen-bond donors (Lipinski definition) is 1. The van der Waals surface area contributed by atoms with Crippen LogP contribution < -0.4 is 0 Å². The Bertz CT molecular complexity index is 383. The molecule has 0 amide bonds. The number of carbonyl (C=O) groups is 1. The van der Waals surface area contributed by atoms with Crippen molar-refractivity contribution in [3.8, 4) is 0 Å². The number of hydrogen-bond acceptors (Lipinski definition) is 5. The van der Waals surface area contributed by atoms with Gasteiger partial charge in [0, 0.05) is 37.8 Å². The minimum atomic E-state index is -0.739. The van der Waals surface area contributed by atoms with Crippen LogP contribution in [0.2, 0.25) is 0 Å². The van der Waals surface area contributed by atoms with Gasteiger partial charge in [0.1, 0.15) is 5.01 Å². The van der Waals surface area contributed by atoms with E-state index < -0.39 is 5.97 Å². The quantitative estimate of drug-likeness (QED) is 0.893. The molecule has 0 radical (unpaired) electrons. The monoisotopic (exact) mass is 269 g/mol. The molecule has 0 saturated carbocycles. The van der Waals surface area contributed by atoms with Gasteiger partial charge >= 0.3 is 5.97 Å². The summed E-state index contributed by atoms with van der Waals surface area (Å²) >= 11 is 1.68. The lowest BCUT2D eigenvalue weighted by Gasteiger charge is -2.26. The van der Waals surface area contributed by atoms with Gasteiger partial charge in [-0.2, -0.15) is 0 Å². The van der Waals surface area contributed by atoms with E-state index in [9.17, 15) is 4.79 Å². The van der Waals surface area contributed by atoms with Gasteiger partial charge in [-0.05, 0) is 13.3 Å². The summed E-state index contributed by atoms with van der Waals surface area (Å²) in [5, 5.41) is 12.0. The Kier molecular flexibility index (Phi) is 4.68. The molecule has 1 fully saturated rings. The highest BCUT2D eigenvalue weighted by Crippen LogP contribution is 2.23. The zero-order chi connectivity index (χ0) is 13.0. The molecule has 1 N–H and O–H groups in total. The highest BCUT2D eigenvalue weighted by molar-refractivity contribution is 7.09. The lowest BCUT2D eigenvalue weighted by Crippen LogP contribution is -2.35. The molecule has 0 bridgehead atoms. The van der Waals surface area contributed by atoms with Crippen LogP contribution in [0.15, 0.2) is 11.6 Å². The number of aliphatic carboxylic acids is 1. The van der Waals surface area contributed by atoms with E-state index in [0.717, 1.165) is 37.6 Å². The molecule has 1 aromatic heterocycles. The molecule has 0 spiro atoms. The molecule has 1 aliphatic rings. The third kappa shape index (κ3) is 3.51. The summed E-state index contributed by atoms with van der Waals surface area (Å²) in [6.07, 6.45) is 2.86. The molecule has 1 unspecified atom stereocenters. The molecule has 18 heavy (non-hydrogen) atoms. The summed E-state index contributed by atoms with van der Waals surface area (Å²) in [4.78, 5) is 19.5. The Hall–Kier alpha value is -0.980.